The second kappa shape index (κ2) is 8.67. The van der Waals surface area contributed by atoms with E-state index in [-0.39, 0.29) is 12.8 Å². The molecule has 0 radical (unpaired) electrons. The summed E-state index contributed by atoms with van der Waals surface area (Å²) in [6.45, 7) is 10.7. The molecule has 5 heteroatoms. The minimum absolute atomic E-state index is 0.0637. The number of allylic oxidation sites excluding steroid dienone is 4. The summed E-state index contributed by atoms with van der Waals surface area (Å²) in [5.41, 5.74) is -0.657. The van der Waals surface area contributed by atoms with Crippen LogP contribution in [-0.2, 0) is 19.2 Å². The van der Waals surface area contributed by atoms with E-state index in [1.807, 2.05) is 13.8 Å². The molecule has 0 heterocycles. The van der Waals surface area contributed by atoms with E-state index in [2.05, 4.69) is 0 Å². The quantitative estimate of drug-likeness (QED) is 0.530. The number of ketones is 4. The van der Waals surface area contributed by atoms with Crippen molar-refractivity contribution in [1.29, 1.82) is 0 Å². The minimum atomic E-state index is -2.43. The lowest BCUT2D eigenvalue weighted by Crippen LogP contribution is -2.49. The first-order chi connectivity index (χ1) is 12.0. The fraction of sp³-hybridized carbons (Fsp3) is 0.619. The van der Waals surface area contributed by atoms with Gasteiger partial charge in [-0.3, -0.25) is 19.2 Å². The Balaban J connectivity index is 3.37. The van der Waals surface area contributed by atoms with Crippen LogP contribution in [0.25, 0.3) is 0 Å². The normalized spacial score (nSPS) is 26.4. The molecule has 1 N–H and O–H groups in total. The van der Waals surface area contributed by atoms with Crippen molar-refractivity contribution in [3.05, 3.63) is 23.3 Å². The van der Waals surface area contributed by atoms with Gasteiger partial charge in [0, 0.05) is 12.3 Å². The van der Waals surface area contributed by atoms with Gasteiger partial charge in [0.2, 0.25) is 0 Å². The molecule has 26 heavy (non-hydrogen) atoms. The Morgan fingerprint density at radius 2 is 1.65 bits per heavy atom. The Morgan fingerprint density at radius 1 is 1.12 bits per heavy atom. The molecule has 1 fully saturated rings. The summed E-state index contributed by atoms with van der Waals surface area (Å²) in [7, 11) is 0. The topological polar surface area (TPSA) is 88.5 Å². The molecule has 0 aromatic heterocycles. The molecule has 1 rings (SSSR count). The molecular formula is C21H30O5. The van der Waals surface area contributed by atoms with E-state index in [0.717, 1.165) is 11.1 Å². The van der Waals surface area contributed by atoms with Crippen LogP contribution in [0.5, 0.6) is 0 Å². The molecule has 0 amide bonds. The molecule has 0 spiro atoms. The molecule has 2 unspecified atom stereocenters. The predicted octanol–water partition coefficient (Wildman–Crippen LogP) is 3.00. The van der Waals surface area contributed by atoms with Gasteiger partial charge < -0.3 is 5.11 Å². The average molecular weight is 362 g/mol. The number of hydrogen-bond donors (Lipinski definition) is 1. The molecule has 5 nitrogen and oxygen atoms in total. The van der Waals surface area contributed by atoms with Gasteiger partial charge in [-0.15, -0.1) is 0 Å². The number of hydrogen-bond acceptors (Lipinski definition) is 5. The summed E-state index contributed by atoms with van der Waals surface area (Å²) in [5.74, 6) is -6.04. The molecule has 1 saturated carbocycles. The Morgan fingerprint density at radius 3 is 2.12 bits per heavy atom. The number of carbonyl (C=O) groups excluding carboxylic acids is 4. The molecule has 0 aromatic carbocycles. The first-order valence-corrected chi connectivity index (χ1v) is 9.12. The monoisotopic (exact) mass is 362 g/mol. The largest absolute Gasteiger partial charge is 0.374 e. The summed E-state index contributed by atoms with van der Waals surface area (Å²) >= 11 is 0. The third-order valence-corrected chi connectivity index (χ3v) is 5.04. The van der Waals surface area contributed by atoms with Crippen LogP contribution in [0.1, 0.15) is 60.8 Å². The second-order valence-electron chi connectivity index (χ2n) is 7.66. The Bertz CT molecular complexity index is 662. The van der Waals surface area contributed by atoms with Crippen molar-refractivity contribution < 1.29 is 24.3 Å². The highest BCUT2D eigenvalue weighted by Gasteiger charge is 2.64. The first-order valence-electron chi connectivity index (χ1n) is 9.12. The van der Waals surface area contributed by atoms with Crippen molar-refractivity contribution in [3.63, 3.8) is 0 Å². The Labute approximate surface area is 155 Å². The molecule has 0 aliphatic heterocycles. The van der Waals surface area contributed by atoms with E-state index in [1.54, 1.807) is 39.8 Å². The van der Waals surface area contributed by atoms with Crippen LogP contribution in [0.4, 0.5) is 0 Å². The second-order valence-corrected chi connectivity index (χ2v) is 7.66. The third kappa shape index (κ3) is 4.26. The van der Waals surface area contributed by atoms with E-state index in [9.17, 15) is 24.3 Å². The smallest absolute Gasteiger partial charge is 0.192 e. The van der Waals surface area contributed by atoms with Gasteiger partial charge in [-0.2, -0.15) is 0 Å². The van der Waals surface area contributed by atoms with E-state index in [0.29, 0.717) is 6.42 Å². The fourth-order valence-corrected chi connectivity index (χ4v) is 3.11. The SMILES string of the molecule is CCC(C)C(=O)C1C(=O)[C@@H](CC=C(C)C)[C@@](O)(C(=O)CC=C(C)C)C1=O. The first kappa shape index (κ1) is 22.2. The summed E-state index contributed by atoms with van der Waals surface area (Å²) in [6.07, 6.45) is 3.73. The van der Waals surface area contributed by atoms with Crippen LogP contribution in [0.2, 0.25) is 0 Å². The van der Waals surface area contributed by atoms with Gasteiger partial charge >= 0.3 is 0 Å². The number of Topliss-reactive ketones (excluding diaryl/α,β-unsaturated/α-hetero) is 4. The van der Waals surface area contributed by atoms with Crippen molar-refractivity contribution >= 4 is 23.1 Å². The lowest BCUT2D eigenvalue weighted by atomic mass is 9.81. The van der Waals surface area contributed by atoms with Gasteiger partial charge in [0.15, 0.2) is 28.7 Å². The average Bonchev–Trinajstić information content (AvgIpc) is 2.76. The number of carbonyl (C=O) groups is 4. The van der Waals surface area contributed by atoms with Crippen LogP contribution in [-0.4, -0.2) is 33.8 Å². The molecular weight excluding hydrogens is 332 g/mol. The summed E-state index contributed by atoms with van der Waals surface area (Å²) in [5, 5.41) is 11.0. The van der Waals surface area contributed by atoms with E-state index in [1.165, 1.54) is 0 Å². The zero-order valence-electron chi connectivity index (χ0n) is 16.6. The van der Waals surface area contributed by atoms with Gasteiger partial charge in [0.25, 0.3) is 0 Å². The molecule has 4 atom stereocenters. The van der Waals surface area contributed by atoms with Gasteiger partial charge in [0.1, 0.15) is 5.92 Å². The molecule has 0 aromatic rings. The van der Waals surface area contributed by atoms with E-state index < -0.39 is 46.5 Å². The summed E-state index contributed by atoms with van der Waals surface area (Å²) in [6, 6.07) is 0. The Kier molecular flexibility index (Phi) is 7.39. The van der Waals surface area contributed by atoms with Crippen LogP contribution >= 0.6 is 0 Å². The van der Waals surface area contributed by atoms with Crippen molar-refractivity contribution in [2.75, 3.05) is 0 Å². The zero-order chi connectivity index (χ0) is 20.2. The van der Waals surface area contributed by atoms with Gasteiger partial charge in [-0.1, -0.05) is 37.1 Å². The van der Waals surface area contributed by atoms with Gasteiger partial charge in [0.05, 0.1) is 5.92 Å². The highest BCUT2D eigenvalue weighted by Crippen LogP contribution is 2.39. The predicted molar refractivity (Wildman–Crippen MR) is 99.5 cm³/mol. The van der Waals surface area contributed by atoms with Crippen molar-refractivity contribution in [2.24, 2.45) is 17.8 Å². The van der Waals surface area contributed by atoms with Gasteiger partial charge in [-0.25, -0.2) is 0 Å². The molecule has 0 saturated heterocycles. The summed E-state index contributed by atoms with van der Waals surface area (Å²) < 4.78 is 0. The minimum Gasteiger partial charge on any atom is -0.374 e. The standard InChI is InChI=1S/C21H30O5/c1-7-14(6)18(23)17-19(24)15(10-8-12(2)3)21(26,20(17)25)16(22)11-9-13(4)5/h8-9,14-15,17,26H,7,10-11H2,1-6H3/t14?,15-,17?,21-/m1/s1. The lowest BCUT2D eigenvalue weighted by Gasteiger charge is -2.25. The maximum absolute atomic E-state index is 12.9. The van der Waals surface area contributed by atoms with Crippen LogP contribution in [0.15, 0.2) is 23.3 Å². The maximum Gasteiger partial charge on any atom is 0.192 e. The molecule has 144 valence electrons. The van der Waals surface area contributed by atoms with E-state index >= 15 is 0 Å². The zero-order valence-corrected chi connectivity index (χ0v) is 16.6. The third-order valence-electron chi connectivity index (χ3n) is 5.04. The van der Waals surface area contributed by atoms with Crippen molar-refractivity contribution in [1.82, 2.24) is 0 Å². The Hall–Kier alpha value is -1.88. The fourth-order valence-electron chi connectivity index (χ4n) is 3.11. The highest BCUT2D eigenvalue weighted by molar-refractivity contribution is 6.34. The van der Waals surface area contributed by atoms with Crippen LogP contribution in [0, 0.1) is 17.8 Å². The number of aliphatic hydroxyl groups is 1. The summed E-state index contributed by atoms with van der Waals surface area (Å²) in [4.78, 5) is 51.0. The van der Waals surface area contributed by atoms with Crippen LogP contribution in [0.3, 0.4) is 0 Å². The molecule has 0 bridgehead atoms. The lowest BCUT2D eigenvalue weighted by molar-refractivity contribution is -0.153. The van der Waals surface area contributed by atoms with E-state index in [4.69, 9.17) is 0 Å². The van der Waals surface area contributed by atoms with Gasteiger partial charge in [-0.05, 0) is 40.5 Å². The molecule has 1 aliphatic carbocycles. The number of rotatable bonds is 8. The maximum atomic E-state index is 12.9. The van der Waals surface area contributed by atoms with Crippen molar-refractivity contribution in [2.45, 2.75) is 66.4 Å². The molecule has 1 aliphatic rings. The van der Waals surface area contributed by atoms with Crippen LogP contribution < -0.4 is 0 Å². The highest BCUT2D eigenvalue weighted by atomic mass is 16.3. The van der Waals surface area contributed by atoms with Crippen molar-refractivity contribution in [3.8, 4) is 0 Å².